The van der Waals surface area contributed by atoms with Crippen LogP contribution in [0.3, 0.4) is 0 Å². The van der Waals surface area contributed by atoms with Gasteiger partial charge in [-0.2, -0.15) is 0 Å². The van der Waals surface area contributed by atoms with Crippen LogP contribution in [-0.4, -0.2) is 5.38 Å². The molecular weight excluding hydrogens is 328 g/mol. The van der Waals surface area contributed by atoms with Gasteiger partial charge in [0.15, 0.2) is 0 Å². The van der Waals surface area contributed by atoms with Gasteiger partial charge in [0.05, 0.1) is 0 Å². The molecule has 102 valence electrons. The minimum atomic E-state index is 0.365. The number of thiophene rings is 1. The van der Waals surface area contributed by atoms with Crippen molar-refractivity contribution in [3.63, 3.8) is 0 Å². The summed E-state index contributed by atoms with van der Waals surface area (Å²) in [5, 5.41) is 2.53. The Bertz CT molecular complexity index is 393. The van der Waals surface area contributed by atoms with Gasteiger partial charge < -0.3 is 0 Å². The van der Waals surface area contributed by atoms with Gasteiger partial charge in [-0.1, -0.05) is 20.8 Å². The lowest BCUT2D eigenvalue weighted by Crippen LogP contribution is -2.33. The minimum absolute atomic E-state index is 0.365. The Balaban J connectivity index is 2.02. The summed E-state index contributed by atoms with van der Waals surface area (Å²) in [7, 11) is 0. The van der Waals surface area contributed by atoms with E-state index in [2.05, 4.69) is 48.1 Å². The molecule has 1 saturated carbocycles. The van der Waals surface area contributed by atoms with Gasteiger partial charge in [-0.05, 0) is 64.9 Å². The van der Waals surface area contributed by atoms with Crippen LogP contribution in [0.15, 0.2) is 15.9 Å². The number of rotatable bonds is 2. The third-order valence-corrected chi connectivity index (χ3v) is 6.49. The largest absolute Gasteiger partial charge is 0.148 e. The first kappa shape index (κ1) is 14.9. The van der Waals surface area contributed by atoms with E-state index in [1.54, 1.807) is 0 Å². The maximum atomic E-state index is 6.55. The van der Waals surface area contributed by atoms with Crippen LogP contribution in [0, 0.1) is 17.3 Å². The highest BCUT2D eigenvalue weighted by atomic mass is 79.9. The Morgan fingerprint density at radius 2 is 2.11 bits per heavy atom. The average molecular weight is 350 g/mol. The highest BCUT2D eigenvalue weighted by molar-refractivity contribution is 9.10. The molecule has 1 heterocycles. The van der Waals surface area contributed by atoms with Crippen molar-refractivity contribution in [1.29, 1.82) is 0 Å². The van der Waals surface area contributed by atoms with Crippen molar-refractivity contribution in [2.45, 2.75) is 51.8 Å². The first-order valence-electron chi connectivity index (χ1n) is 6.73. The van der Waals surface area contributed by atoms with E-state index in [0.29, 0.717) is 16.7 Å². The number of hydrogen-bond donors (Lipinski definition) is 0. The molecule has 0 spiro atoms. The zero-order valence-corrected chi connectivity index (χ0v) is 14.5. The molecule has 0 bridgehead atoms. The molecule has 0 saturated heterocycles. The molecular formula is C15H22BrClS. The van der Waals surface area contributed by atoms with E-state index in [9.17, 15) is 0 Å². The number of alkyl halides is 1. The predicted molar refractivity (Wildman–Crippen MR) is 85.7 cm³/mol. The maximum Gasteiger partial charge on any atom is 0.0367 e. The van der Waals surface area contributed by atoms with Crippen molar-refractivity contribution in [1.82, 2.24) is 0 Å². The highest BCUT2D eigenvalue weighted by Gasteiger charge is 2.35. The summed E-state index contributed by atoms with van der Waals surface area (Å²) in [6.07, 6.45) is 4.91. The molecule has 2 rings (SSSR count). The van der Waals surface area contributed by atoms with Gasteiger partial charge in [0, 0.05) is 20.1 Å². The van der Waals surface area contributed by atoms with Crippen LogP contribution in [0.5, 0.6) is 0 Å². The van der Waals surface area contributed by atoms with Gasteiger partial charge >= 0.3 is 0 Å². The molecule has 3 heteroatoms. The predicted octanol–water partition coefficient (Wildman–Crippen LogP) is 6.12. The van der Waals surface area contributed by atoms with Crippen molar-refractivity contribution >= 4 is 38.9 Å². The second-order valence-corrected chi connectivity index (χ2v) is 9.06. The molecule has 1 aromatic rings. The van der Waals surface area contributed by atoms with Gasteiger partial charge in [-0.3, -0.25) is 0 Å². The van der Waals surface area contributed by atoms with E-state index in [1.165, 1.54) is 28.6 Å². The van der Waals surface area contributed by atoms with Crippen LogP contribution in [0.25, 0.3) is 0 Å². The second-order valence-electron chi connectivity index (χ2n) is 6.59. The van der Waals surface area contributed by atoms with Crippen LogP contribution in [0.2, 0.25) is 0 Å². The smallest absolute Gasteiger partial charge is 0.0367 e. The third-order valence-electron chi connectivity index (χ3n) is 4.20. The molecule has 1 fully saturated rings. The molecule has 3 atom stereocenters. The van der Waals surface area contributed by atoms with Crippen molar-refractivity contribution in [3.05, 3.63) is 20.8 Å². The minimum Gasteiger partial charge on any atom is -0.148 e. The molecule has 3 unspecified atom stereocenters. The third kappa shape index (κ3) is 3.74. The molecule has 0 N–H and O–H groups in total. The summed E-state index contributed by atoms with van der Waals surface area (Å²) in [5.41, 5.74) is 0.422. The van der Waals surface area contributed by atoms with E-state index in [4.69, 9.17) is 11.6 Å². The maximum absolute atomic E-state index is 6.55. The van der Waals surface area contributed by atoms with E-state index >= 15 is 0 Å². The summed E-state index contributed by atoms with van der Waals surface area (Å²) in [6, 6.07) is 2.25. The Hall–Kier alpha value is 0.470. The van der Waals surface area contributed by atoms with Gasteiger partial charge in [0.1, 0.15) is 0 Å². The number of halogens is 2. The van der Waals surface area contributed by atoms with Crippen molar-refractivity contribution in [2.24, 2.45) is 17.3 Å². The fraction of sp³-hybridized carbons (Fsp3) is 0.733. The van der Waals surface area contributed by atoms with Crippen LogP contribution in [-0.2, 0) is 6.42 Å². The molecule has 0 radical (unpaired) electrons. The standard InChI is InChI=1S/C15H22BrClS/c1-15(2,3)11-4-5-14(17)10(6-11)7-13-8-12(16)9-18-13/h8-11,14H,4-7H2,1-3H3. The van der Waals surface area contributed by atoms with E-state index in [1.807, 2.05) is 11.3 Å². The van der Waals surface area contributed by atoms with Gasteiger partial charge in [-0.15, -0.1) is 22.9 Å². The average Bonchev–Trinajstić information content (AvgIpc) is 2.66. The summed E-state index contributed by atoms with van der Waals surface area (Å²) in [4.78, 5) is 1.46. The summed E-state index contributed by atoms with van der Waals surface area (Å²) < 4.78 is 1.21. The van der Waals surface area contributed by atoms with E-state index < -0.39 is 0 Å². The summed E-state index contributed by atoms with van der Waals surface area (Å²) in [6.45, 7) is 7.10. The quantitative estimate of drug-likeness (QED) is 0.564. The Morgan fingerprint density at radius 1 is 1.39 bits per heavy atom. The van der Waals surface area contributed by atoms with Gasteiger partial charge in [0.2, 0.25) is 0 Å². The first-order valence-corrected chi connectivity index (χ1v) is 8.84. The molecule has 0 aromatic carbocycles. The van der Waals surface area contributed by atoms with Crippen LogP contribution in [0.1, 0.15) is 44.9 Å². The van der Waals surface area contributed by atoms with Gasteiger partial charge in [-0.25, -0.2) is 0 Å². The Morgan fingerprint density at radius 3 is 2.67 bits per heavy atom. The van der Waals surface area contributed by atoms with Crippen molar-refractivity contribution in [3.8, 4) is 0 Å². The molecule has 1 aliphatic rings. The lowest BCUT2D eigenvalue weighted by Gasteiger charge is -2.40. The monoisotopic (exact) mass is 348 g/mol. The van der Waals surface area contributed by atoms with E-state index in [-0.39, 0.29) is 0 Å². The van der Waals surface area contributed by atoms with Crippen molar-refractivity contribution < 1.29 is 0 Å². The molecule has 1 aromatic heterocycles. The molecule has 0 amide bonds. The molecule has 0 aliphatic heterocycles. The summed E-state index contributed by atoms with van der Waals surface area (Å²) >= 11 is 11.9. The molecule has 18 heavy (non-hydrogen) atoms. The highest BCUT2D eigenvalue weighted by Crippen LogP contribution is 2.43. The fourth-order valence-electron chi connectivity index (χ4n) is 2.94. The lowest BCUT2D eigenvalue weighted by molar-refractivity contribution is 0.144. The van der Waals surface area contributed by atoms with Gasteiger partial charge in [0.25, 0.3) is 0 Å². The van der Waals surface area contributed by atoms with E-state index in [0.717, 1.165) is 12.3 Å². The molecule has 1 aliphatic carbocycles. The first-order chi connectivity index (χ1) is 8.36. The zero-order chi connectivity index (χ0) is 13.3. The van der Waals surface area contributed by atoms with Crippen LogP contribution in [0.4, 0.5) is 0 Å². The molecule has 0 nitrogen and oxygen atoms in total. The number of hydrogen-bond acceptors (Lipinski definition) is 1. The summed E-state index contributed by atoms with van der Waals surface area (Å²) in [5.74, 6) is 1.47. The van der Waals surface area contributed by atoms with Crippen LogP contribution >= 0.6 is 38.9 Å². The zero-order valence-electron chi connectivity index (χ0n) is 11.4. The normalized spacial score (nSPS) is 29.5. The SMILES string of the molecule is CC(C)(C)C1CCC(Cl)C(Cc2cc(Br)cs2)C1. The second kappa shape index (κ2) is 5.85. The lowest BCUT2D eigenvalue weighted by atomic mass is 9.68. The Kier molecular flexibility index (Phi) is 4.83. The topological polar surface area (TPSA) is 0 Å². The fourth-order valence-corrected chi connectivity index (χ4v) is 4.81. The van der Waals surface area contributed by atoms with Crippen molar-refractivity contribution in [2.75, 3.05) is 0 Å². The van der Waals surface area contributed by atoms with Crippen LogP contribution < -0.4 is 0 Å². The Labute approximate surface area is 128 Å².